The third-order valence-electron chi connectivity index (χ3n) is 2.27. The number of H-pyrrole nitrogens is 1. The van der Waals surface area contributed by atoms with E-state index in [4.69, 9.17) is 11.6 Å². The van der Waals surface area contributed by atoms with E-state index >= 15 is 0 Å². The second kappa shape index (κ2) is 4.14. The summed E-state index contributed by atoms with van der Waals surface area (Å²) >= 11 is 6.00. The van der Waals surface area contributed by atoms with Gasteiger partial charge in [0.1, 0.15) is 11.6 Å². The van der Waals surface area contributed by atoms with Crippen molar-refractivity contribution in [3.63, 3.8) is 0 Å². The molecule has 0 amide bonds. The highest BCUT2D eigenvalue weighted by atomic mass is 35.5. The van der Waals surface area contributed by atoms with Crippen molar-refractivity contribution in [2.24, 2.45) is 0 Å². The molecule has 0 saturated heterocycles. The van der Waals surface area contributed by atoms with Crippen LogP contribution in [0, 0.1) is 6.92 Å². The molecule has 2 aromatic heterocycles. The Morgan fingerprint density at radius 2 is 2.06 bits per heavy atom. The number of aromatic nitrogens is 3. The average Bonchev–Trinajstić information content (AvgIpc) is 2.58. The summed E-state index contributed by atoms with van der Waals surface area (Å²) in [6.45, 7) is 1.87. The van der Waals surface area contributed by atoms with Gasteiger partial charge in [0.2, 0.25) is 0 Å². The lowest BCUT2D eigenvalue weighted by Gasteiger charge is -2.10. The first-order valence-corrected chi connectivity index (χ1v) is 5.31. The van der Waals surface area contributed by atoms with E-state index in [1.54, 1.807) is 6.20 Å². The number of nitrogens with one attached hydrogen (secondary N) is 1. The van der Waals surface area contributed by atoms with Gasteiger partial charge in [0.25, 0.3) is 0 Å². The largest absolute Gasteiger partial charge is 0.363 e. The number of hydrogen-bond donors (Lipinski definition) is 1. The van der Waals surface area contributed by atoms with Crippen LogP contribution in [0.4, 0.5) is 5.82 Å². The zero-order valence-corrected chi connectivity index (χ0v) is 10.2. The van der Waals surface area contributed by atoms with Crippen LogP contribution in [-0.4, -0.2) is 29.0 Å². The molecule has 4 nitrogen and oxygen atoms in total. The molecule has 1 N–H and O–H groups in total. The molecule has 5 heteroatoms. The Morgan fingerprint density at radius 3 is 2.50 bits per heavy atom. The molecule has 2 aromatic rings. The van der Waals surface area contributed by atoms with Crippen LogP contribution in [0.25, 0.3) is 11.3 Å². The topological polar surface area (TPSA) is 44.8 Å². The predicted octanol–water partition coefficient (Wildman–Crippen LogP) is 2.50. The Hall–Kier alpha value is -1.55. The third-order valence-corrected chi connectivity index (χ3v) is 2.55. The van der Waals surface area contributed by atoms with Crippen LogP contribution >= 0.6 is 11.6 Å². The van der Waals surface area contributed by atoms with Gasteiger partial charge < -0.3 is 9.88 Å². The number of hydrogen-bond acceptors (Lipinski definition) is 3. The highest BCUT2D eigenvalue weighted by Gasteiger charge is 2.08. The number of anilines is 1. The molecule has 0 aliphatic heterocycles. The average molecular weight is 237 g/mol. The van der Waals surface area contributed by atoms with Gasteiger partial charge in [-0.25, -0.2) is 9.97 Å². The fourth-order valence-electron chi connectivity index (χ4n) is 1.45. The molecular weight excluding hydrogens is 224 g/mol. The molecule has 2 heterocycles. The molecule has 0 fully saturated rings. The monoisotopic (exact) mass is 236 g/mol. The molecule has 2 rings (SSSR count). The van der Waals surface area contributed by atoms with Crippen LogP contribution in [0.3, 0.4) is 0 Å². The van der Waals surface area contributed by atoms with Gasteiger partial charge in [0.15, 0.2) is 5.15 Å². The molecule has 0 bridgehead atoms. The zero-order chi connectivity index (χ0) is 11.7. The van der Waals surface area contributed by atoms with E-state index in [1.165, 1.54) is 0 Å². The summed E-state index contributed by atoms with van der Waals surface area (Å²) in [6.07, 6.45) is 1.79. The van der Waals surface area contributed by atoms with Gasteiger partial charge >= 0.3 is 0 Å². The van der Waals surface area contributed by atoms with E-state index in [0.29, 0.717) is 5.15 Å². The van der Waals surface area contributed by atoms with Gasteiger partial charge in [-0.1, -0.05) is 11.6 Å². The molecule has 0 aromatic carbocycles. The molecule has 84 valence electrons. The molecule has 0 spiro atoms. The Kier molecular flexibility index (Phi) is 2.83. The molecule has 0 atom stereocenters. The first kappa shape index (κ1) is 11.0. The number of aryl methyl sites for hydroxylation is 1. The van der Waals surface area contributed by atoms with Crippen molar-refractivity contribution < 1.29 is 0 Å². The van der Waals surface area contributed by atoms with Crippen LogP contribution in [0.2, 0.25) is 5.15 Å². The summed E-state index contributed by atoms with van der Waals surface area (Å²) in [4.78, 5) is 13.5. The van der Waals surface area contributed by atoms with Crippen LogP contribution in [0.15, 0.2) is 18.3 Å². The highest BCUT2D eigenvalue weighted by molar-refractivity contribution is 6.31. The van der Waals surface area contributed by atoms with Crippen LogP contribution in [0.5, 0.6) is 0 Å². The van der Waals surface area contributed by atoms with E-state index in [-0.39, 0.29) is 0 Å². The Labute approximate surface area is 99.3 Å². The summed E-state index contributed by atoms with van der Waals surface area (Å²) in [5, 5.41) is 0.483. The van der Waals surface area contributed by atoms with E-state index in [9.17, 15) is 0 Å². The number of imidazole rings is 1. The minimum absolute atomic E-state index is 0.483. The van der Waals surface area contributed by atoms with Crippen LogP contribution in [0.1, 0.15) is 5.82 Å². The maximum absolute atomic E-state index is 6.00. The van der Waals surface area contributed by atoms with Crippen molar-refractivity contribution in [3.8, 4) is 11.3 Å². The maximum atomic E-state index is 6.00. The van der Waals surface area contributed by atoms with Gasteiger partial charge in [0.05, 0.1) is 5.69 Å². The number of pyridine rings is 1. The van der Waals surface area contributed by atoms with E-state index in [2.05, 4.69) is 15.0 Å². The van der Waals surface area contributed by atoms with Crippen molar-refractivity contribution in [3.05, 3.63) is 29.3 Å². The number of rotatable bonds is 2. The fourth-order valence-corrected chi connectivity index (χ4v) is 1.74. The fraction of sp³-hybridized carbons (Fsp3) is 0.273. The van der Waals surface area contributed by atoms with Gasteiger partial charge in [-0.2, -0.15) is 0 Å². The normalized spacial score (nSPS) is 10.5. The van der Waals surface area contributed by atoms with Gasteiger partial charge in [0, 0.05) is 25.9 Å². The quantitative estimate of drug-likeness (QED) is 0.872. The summed E-state index contributed by atoms with van der Waals surface area (Å²) < 4.78 is 0. The first-order valence-electron chi connectivity index (χ1n) is 4.94. The molecule has 0 unspecified atom stereocenters. The SMILES string of the molecule is Cc1nc(Cl)c(-c2ccc(N(C)C)nc2)[nH]1. The maximum Gasteiger partial charge on any atom is 0.155 e. The number of nitrogens with zero attached hydrogens (tertiary/aromatic N) is 3. The zero-order valence-electron chi connectivity index (χ0n) is 9.45. The van der Waals surface area contributed by atoms with Crippen molar-refractivity contribution in [1.29, 1.82) is 0 Å². The smallest absolute Gasteiger partial charge is 0.155 e. The summed E-state index contributed by atoms with van der Waals surface area (Å²) in [5.74, 6) is 1.72. The minimum atomic E-state index is 0.483. The Morgan fingerprint density at radius 1 is 1.31 bits per heavy atom. The molecule has 0 aliphatic carbocycles. The van der Waals surface area contributed by atoms with E-state index < -0.39 is 0 Å². The highest BCUT2D eigenvalue weighted by Crippen LogP contribution is 2.25. The third kappa shape index (κ3) is 2.02. The van der Waals surface area contributed by atoms with Crippen LogP contribution < -0.4 is 4.90 Å². The van der Waals surface area contributed by atoms with E-state index in [0.717, 1.165) is 22.9 Å². The van der Waals surface area contributed by atoms with Gasteiger partial charge in [-0.15, -0.1) is 0 Å². The molecule has 0 saturated carbocycles. The van der Waals surface area contributed by atoms with Crippen molar-refractivity contribution in [1.82, 2.24) is 15.0 Å². The van der Waals surface area contributed by atoms with E-state index in [1.807, 2.05) is 38.1 Å². The lowest BCUT2D eigenvalue weighted by molar-refractivity contribution is 1.07. The Balaban J connectivity index is 2.38. The molecule has 0 aliphatic rings. The van der Waals surface area contributed by atoms with Crippen LogP contribution in [-0.2, 0) is 0 Å². The lowest BCUT2D eigenvalue weighted by Crippen LogP contribution is -2.09. The summed E-state index contributed by atoms with van der Waals surface area (Å²) in [5.41, 5.74) is 1.76. The van der Waals surface area contributed by atoms with Gasteiger partial charge in [-0.3, -0.25) is 0 Å². The standard InChI is InChI=1S/C11H13ClN4/c1-7-14-10(11(12)15-7)8-4-5-9(13-6-8)16(2)3/h4-6H,1-3H3,(H,14,15). The lowest BCUT2D eigenvalue weighted by atomic mass is 10.2. The van der Waals surface area contributed by atoms with Crippen molar-refractivity contribution in [2.75, 3.05) is 19.0 Å². The molecular formula is C11H13ClN4. The minimum Gasteiger partial charge on any atom is -0.363 e. The molecule has 16 heavy (non-hydrogen) atoms. The molecule has 0 radical (unpaired) electrons. The van der Waals surface area contributed by atoms with Crippen molar-refractivity contribution >= 4 is 17.4 Å². The van der Waals surface area contributed by atoms with Gasteiger partial charge in [-0.05, 0) is 19.1 Å². The van der Waals surface area contributed by atoms with Crippen molar-refractivity contribution in [2.45, 2.75) is 6.92 Å². The Bertz CT molecular complexity index is 487. The first-order chi connectivity index (χ1) is 7.58. The second-order valence-corrected chi connectivity index (χ2v) is 4.15. The summed E-state index contributed by atoms with van der Waals surface area (Å²) in [6, 6.07) is 3.92. The summed E-state index contributed by atoms with van der Waals surface area (Å²) in [7, 11) is 3.91. The number of halogens is 1. The number of aromatic amines is 1. The predicted molar refractivity (Wildman–Crippen MR) is 65.9 cm³/mol. The second-order valence-electron chi connectivity index (χ2n) is 3.79.